The molecule has 0 aliphatic rings. The topological polar surface area (TPSA) is 46.5 Å². The Labute approximate surface area is 166 Å². The summed E-state index contributed by atoms with van der Waals surface area (Å²) in [7, 11) is 0. The van der Waals surface area contributed by atoms with Gasteiger partial charge < -0.3 is 9.84 Å². The monoisotopic (exact) mass is 376 g/mol. The van der Waals surface area contributed by atoms with Gasteiger partial charge in [-0.3, -0.25) is 0 Å². The number of hydrogen-bond acceptors (Lipinski definition) is 2. The van der Waals surface area contributed by atoms with E-state index < -0.39 is 5.97 Å². The van der Waals surface area contributed by atoms with Crippen LogP contribution in [0.2, 0.25) is 0 Å². The van der Waals surface area contributed by atoms with Gasteiger partial charge in [0.05, 0.1) is 11.7 Å². The standard InChI is InChI=1S/C24H40O3/c1-3-4-5-6-7-8-9-10-11-12-13-14-15-20-27-21(2)22-16-18-23(19-17-22)24(25)26/h16-19,21H,3-15,20H2,1-2H3,(H,25,26). The summed E-state index contributed by atoms with van der Waals surface area (Å²) in [6.45, 7) is 5.08. The number of carboxylic acids is 1. The molecule has 0 heterocycles. The molecule has 0 aliphatic heterocycles. The average Bonchev–Trinajstić information content (AvgIpc) is 2.68. The van der Waals surface area contributed by atoms with Crippen LogP contribution in [-0.2, 0) is 4.74 Å². The van der Waals surface area contributed by atoms with E-state index in [4.69, 9.17) is 9.84 Å². The minimum atomic E-state index is -0.887. The maximum absolute atomic E-state index is 10.9. The van der Waals surface area contributed by atoms with Crippen molar-refractivity contribution >= 4 is 5.97 Å². The third kappa shape index (κ3) is 11.9. The van der Waals surface area contributed by atoms with Crippen LogP contribution < -0.4 is 0 Å². The first kappa shape index (κ1) is 23.7. The van der Waals surface area contributed by atoms with E-state index in [1.807, 2.05) is 19.1 Å². The number of unbranched alkanes of at least 4 members (excludes halogenated alkanes) is 12. The molecule has 0 amide bonds. The van der Waals surface area contributed by atoms with Gasteiger partial charge in [0.25, 0.3) is 0 Å². The number of carboxylic acid groups (broad SMARTS) is 1. The van der Waals surface area contributed by atoms with Crippen LogP contribution in [0.25, 0.3) is 0 Å². The fourth-order valence-electron chi connectivity index (χ4n) is 3.37. The maximum atomic E-state index is 10.9. The summed E-state index contributed by atoms with van der Waals surface area (Å²) in [4.78, 5) is 10.9. The van der Waals surface area contributed by atoms with Gasteiger partial charge in [-0.15, -0.1) is 0 Å². The molecule has 3 nitrogen and oxygen atoms in total. The van der Waals surface area contributed by atoms with Gasteiger partial charge in [-0.25, -0.2) is 4.79 Å². The molecular formula is C24H40O3. The van der Waals surface area contributed by atoms with Crippen LogP contribution in [0.3, 0.4) is 0 Å². The van der Waals surface area contributed by atoms with E-state index in [0.29, 0.717) is 5.56 Å². The Balaban J connectivity index is 1.91. The predicted octanol–water partition coefficient (Wildman–Crippen LogP) is 7.55. The molecular weight excluding hydrogens is 336 g/mol. The summed E-state index contributed by atoms with van der Waals surface area (Å²) < 4.78 is 5.88. The minimum absolute atomic E-state index is 0.0187. The minimum Gasteiger partial charge on any atom is -0.478 e. The quantitative estimate of drug-likeness (QED) is 0.285. The first-order valence-corrected chi connectivity index (χ1v) is 11.1. The van der Waals surface area contributed by atoms with Crippen LogP contribution in [0.1, 0.15) is 119 Å². The van der Waals surface area contributed by atoms with Crippen LogP contribution in [0.5, 0.6) is 0 Å². The van der Waals surface area contributed by atoms with Crippen molar-refractivity contribution in [1.29, 1.82) is 0 Å². The fourth-order valence-corrected chi connectivity index (χ4v) is 3.37. The van der Waals surface area contributed by atoms with Crippen molar-refractivity contribution in [2.45, 2.75) is 103 Å². The molecule has 0 saturated heterocycles. The lowest BCUT2D eigenvalue weighted by atomic mass is 10.0. The lowest BCUT2D eigenvalue weighted by Gasteiger charge is -2.13. The zero-order valence-corrected chi connectivity index (χ0v) is 17.5. The summed E-state index contributed by atoms with van der Waals surface area (Å²) in [6.07, 6.45) is 17.6. The number of benzene rings is 1. The maximum Gasteiger partial charge on any atom is 0.335 e. The lowest BCUT2D eigenvalue weighted by molar-refractivity contribution is 0.0624. The zero-order valence-electron chi connectivity index (χ0n) is 17.5. The van der Waals surface area contributed by atoms with Gasteiger partial charge in [0.1, 0.15) is 0 Å². The molecule has 0 aromatic heterocycles. The van der Waals surface area contributed by atoms with E-state index in [2.05, 4.69) is 6.92 Å². The van der Waals surface area contributed by atoms with Crippen LogP contribution in [-0.4, -0.2) is 17.7 Å². The molecule has 1 aromatic rings. The number of carbonyl (C=O) groups is 1. The van der Waals surface area contributed by atoms with Crippen LogP contribution in [0.4, 0.5) is 0 Å². The average molecular weight is 377 g/mol. The van der Waals surface area contributed by atoms with Gasteiger partial charge in [-0.05, 0) is 31.0 Å². The van der Waals surface area contributed by atoms with E-state index >= 15 is 0 Å². The van der Waals surface area contributed by atoms with Crippen molar-refractivity contribution < 1.29 is 14.6 Å². The molecule has 27 heavy (non-hydrogen) atoms. The fraction of sp³-hybridized carbons (Fsp3) is 0.708. The summed E-state index contributed by atoms with van der Waals surface area (Å²) in [5.41, 5.74) is 1.36. The number of ether oxygens (including phenoxy) is 1. The van der Waals surface area contributed by atoms with Gasteiger partial charge in [0.15, 0.2) is 0 Å². The molecule has 1 N–H and O–H groups in total. The van der Waals surface area contributed by atoms with E-state index in [-0.39, 0.29) is 6.10 Å². The SMILES string of the molecule is CCCCCCCCCCCCCCCOC(C)c1ccc(C(=O)O)cc1. The van der Waals surface area contributed by atoms with Crippen LogP contribution in [0, 0.1) is 0 Å². The highest BCUT2D eigenvalue weighted by Gasteiger charge is 2.07. The Kier molecular flexibility index (Phi) is 13.8. The first-order chi connectivity index (χ1) is 13.1. The largest absolute Gasteiger partial charge is 0.478 e. The number of hydrogen-bond donors (Lipinski definition) is 1. The highest BCUT2D eigenvalue weighted by Crippen LogP contribution is 2.18. The normalized spacial score (nSPS) is 12.2. The van der Waals surface area contributed by atoms with Crippen molar-refractivity contribution in [2.24, 2.45) is 0 Å². The Morgan fingerprint density at radius 1 is 0.815 bits per heavy atom. The van der Waals surface area contributed by atoms with Gasteiger partial charge in [0, 0.05) is 6.61 Å². The second-order valence-corrected chi connectivity index (χ2v) is 7.68. The number of rotatable bonds is 17. The van der Waals surface area contributed by atoms with Crippen molar-refractivity contribution in [3.05, 3.63) is 35.4 Å². The van der Waals surface area contributed by atoms with Crippen molar-refractivity contribution in [3.63, 3.8) is 0 Å². The lowest BCUT2D eigenvalue weighted by Crippen LogP contribution is -2.03. The molecule has 154 valence electrons. The van der Waals surface area contributed by atoms with Gasteiger partial charge in [0.2, 0.25) is 0 Å². The molecule has 0 aliphatic carbocycles. The smallest absolute Gasteiger partial charge is 0.335 e. The van der Waals surface area contributed by atoms with Gasteiger partial charge in [-0.2, -0.15) is 0 Å². The van der Waals surface area contributed by atoms with E-state index in [0.717, 1.165) is 18.6 Å². The molecule has 0 bridgehead atoms. The molecule has 1 atom stereocenters. The molecule has 1 rings (SSSR count). The predicted molar refractivity (Wildman–Crippen MR) is 113 cm³/mol. The van der Waals surface area contributed by atoms with Crippen molar-refractivity contribution in [1.82, 2.24) is 0 Å². The molecule has 1 unspecified atom stereocenters. The van der Waals surface area contributed by atoms with E-state index in [9.17, 15) is 4.79 Å². The third-order valence-corrected chi connectivity index (χ3v) is 5.24. The summed E-state index contributed by atoms with van der Waals surface area (Å²) in [6, 6.07) is 6.97. The second-order valence-electron chi connectivity index (χ2n) is 7.68. The van der Waals surface area contributed by atoms with Gasteiger partial charge >= 0.3 is 5.97 Å². The van der Waals surface area contributed by atoms with Crippen molar-refractivity contribution in [3.8, 4) is 0 Å². The summed E-state index contributed by atoms with van der Waals surface area (Å²) >= 11 is 0. The molecule has 0 fully saturated rings. The Hall–Kier alpha value is -1.35. The summed E-state index contributed by atoms with van der Waals surface area (Å²) in [5.74, 6) is -0.887. The molecule has 0 spiro atoms. The molecule has 3 heteroatoms. The molecule has 1 aromatic carbocycles. The van der Waals surface area contributed by atoms with Crippen molar-refractivity contribution in [2.75, 3.05) is 6.61 Å². The number of aromatic carboxylic acids is 1. The highest BCUT2D eigenvalue weighted by molar-refractivity contribution is 5.87. The van der Waals surface area contributed by atoms with Crippen LogP contribution >= 0.6 is 0 Å². The Bertz CT molecular complexity index is 481. The van der Waals surface area contributed by atoms with E-state index in [1.54, 1.807) is 12.1 Å². The van der Waals surface area contributed by atoms with Gasteiger partial charge in [-0.1, -0.05) is 96.1 Å². The van der Waals surface area contributed by atoms with Crippen LogP contribution in [0.15, 0.2) is 24.3 Å². The van der Waals surface area contributed by atoms with E-state index in [1.165, 1.54) is 77.0 Å². The summed E-state index contributed by atoms with van der Waals surface area (Å²) in [5, 5.41) is 8.93. The zero-order chi connectivity index (χ0) is 19.7. The Morgan fingerprint density at radius 3 is 1.70 bits per heavy atom. The second kappa shape index (κ2) is 15.7. The molecule has 0 saturated carbocycles. The Morgan fingerprint density at radius 2 is 1.26 bits per heavy atom. The third-order valence-electron chi connectivity index (χ3n) is 5.24. The molecule has 0 radical (unpaired) electrons. The first-order valence-electron chi connectivity index (χ1n) is 11.1. The highest BCUT2D eigenvalue weighted by atomic mass is 16.5.